The molecule has 1 unspecified atom stereocenters. The van der Waals surface area contributed by atoms with Crippen molar-refractivity contribution in [1.82, 2.24) is 50.2 Å². The van der Waals surface area contributed by atoms with Crippen LogP contribution in [0, 0.1) is 47.3 Å². The average Bonchev–Trinajstić information content (AvgIpc) is 3.62. The molecule has 11 amide bonds. The van der Waals surface area contributed by atoms with E-state index in [4.69, 9.17) is 5.73 Å². The number of carbonyl (C=O) groups is 11. The van der Waals surface area contributed by atoms with Gasteiger partial charge in [-0.1, -0.05) is 116 Å². The molecule has 488 valence electrons. The largest absolute Gasteiger partial charge is 0.390 e. The lowest BCUT2D eigenvalue weighted by Gasteiger charge is -2.41. The number of rotatable bonds is 36. The van der Waals surface area contributed by atoms with Crippen molar-refractivity contribution in [3.05, 3.63) is 12.2 Å². The minimum atomic E-state index is -1.59. The van der Waals surface area contributed by atoms with E-state index in [1.165, 1.54) is 68.8 Å². The number of carbonyl (C=O) groups excluding carboxylic acids is 11. The molecule has 0 aromatic rings. The Morgan fingerprint density at radius 3 is 1.33 bits per heavy atom. The lowest BCUT2D eigenvalue weighted by molar-refractivity contribution is -0.157. The fourth-order valence-corrected chi connectivity index (χ4v) is 10.1. The van der Waals surface area contributed by atoms with Gasteiger partial charge in [0.2, 0.25) is 65.0 Å². The van der Waals surface area contributed by atoms with Crippen LogP contribution in [0.3, 0.4) is 0 Å². The van der Waals surface area contributed by atoms with E-state index < -0.39 is 132 Å². The van der Waals surface area contributed by atoms with E-state index >= 15 is 14.4 Å². The number of hydrogen-bond donors (Lipinski definition) is 5. The minimum absolute atomic E-state index is 0.0344. The van der Waals surface area contributed by atoms with Gasteiger partial charge in [-0.3, -0.25) is 52.7 Å². The second-order valence-electron chi connectivity index (χ2n) is 25.9. The molecule has 0 saturated carbocycles. The number of hydrogen-bond acceptors (Lipinski definition) is 12. The molecule has 6 N–H and O–H groups in total. The van der Waals surface area contributed by atoms with E-state index in [2.05, 4.69) is 16.0 Å². The van der Waals surface area contributed by atoms with Crippen LogP contribution < -0.4 is 21.7 Å². The van der Waals surface area contributed by atoms with E-state index in [0.29, 0.717) is 12.8 Å². The Morgan fingerprint density at radius 2 is 0.894 bits per heavy atom. The summed E-state index contributed by atoms with van der Waals surface area (Å²) in [6.07, 6.45) is 3.35. The summed E-state index contributed by atoms with van der Waals surface area (Å²) in [5.41, 5.74) is 5.24. The highest BCUT2D eigenvalue weighted by atomic mass is 16.3. The summed E-state index contributed by atoms with van der Waals surface area (Å²) in [7, 11) is 10.0. The molecule has 23 heteroatoms. The first-order chi connectivity index (χ1) is 39.1. The fraction of sp³-hybridized carbons (Fsp3) is 0.790. The molecule has 0 aromatic heterocycles. The van der Waals surface area contributed by atoms with Gasteiger partial charge in [0, 0.05) is 55.3 Å². The van der Waals surface area contributed by atoms with E-state index in [-0.39, 0.29) is 73.6 Å². The van der Waals surface area contributed by atoms with Gasteiger partial charge in [0.05, 0.1) is 19.2 Å². The molecule has 0 radical (unpaired) electrons. The summed E-state index contributed by atoms with van der Waals surface area (Å²) < 4.78 is 0. The van der Waals surface area contributed by atoms with Crippen molar-refractivity contribution >= 4 is 65.0 Å². The Labute approximate surface area is 509 Å². The van der Waals surface area contributed by atoms with Crippen molar-refractivity contribution in [3.8, 4) is 0 Å². The monoisotopic (exact) mass is 1200 g/mol. The number of likely N-dealkylation sites (N-methyl/N-ethyl adjacent to an activating group) is 7. The molecule has 0 aromatic carbocycles. The summed E-state index contributed by atoms with van der Waals surface area (Å²) >= 11 is 0. The molecule has 0 fully saturated rings. The highest BCUT2D eigenvalue weighted by Crippen LogP contribution is 2.25. The van der Waals surface area contributed by atoms with Crippen LogP contribution in [0.15, 0.2) is 12.2 Å². The molecule has 23 nitrogen and oxygen atoms in total. The van der Waals surface area contributed by atoms with E-state index in [1.54, 1.807) is 53.8 Å². The minimum Gasteiger partial charge on any atom is -0.390 e. The van der Waals surface area contributed by atoms with Crippen molar-refractivity contribution in [3.63, 3.8) is 0 Å². The third-order valence-corrected chi connectivity index (χ3v) is 15.8. The molecule has 11 atom stereocenters. The van der Waals surface area contributed by atoms with Gasteiger partial charge in [-0.2, -0.15) is 0 Å². The number of allylic oxidation sites excluding steroid dienone is 2. The Bertz CT molecular complexity index is 2270. The Kier molecular flexibility index (Phi) is 34.1. The van der Waals surface area contributed by atoms with Crippen LogP contribution in [-0.4, -0.2) is 221 Å². The van der Waals surface area contributed by atoms with Gasteiger partial charge in [0.1, 0.15) is 48.3 Å². The molecule has 0 heterocycles. The van der Waals surface area contributed by atoms with Crippen molar-refractivity contribution < 1.29 is 57.8 Å². The Morgan fingerprint density at radius 1 is 0.459 bits per heavy atom. The Balaban J connectivity index is 7.18. The van der Waals surface area contributed by atoms with Crippen LogP contribution in [0.5, 0.6) is 0 Å². The number of nitrogens with zero attached hydrogens (tertiary/aromatic N) is 7. The summed E-state index contributed by atoms with van der Waals surface area (Å²) in [5, 5.41) is 20.3. The smallest absolute Gasteiger partial charge is 0.246 e. The molecule has 0 rings (SSSR count). The van der Waals surface area contributed by atoms with Crippen molar-refractivity contribution in [1.29, 1.82) is 0 Å². The zero-order chi connectivity index (χ0) is 66.4. The summed E-state index contributed by atoms with van der Waals surface area (Å²) in [4.78, 5) is 162. The van der Waals surface area contributed by atoms with E-state index in [0.717, 1.165) is 14.7 Å². The lowest BCUT2D eigenvalue weighted by Crippen LogP contribution is -2.63. The summed E-state index contributed by atoms with van der Waals surface area (Å²) in [6.45, 7) is 30.1. The summed E-state index contributed by atoms with van der Waals surface area (Å²) in [5.74, 6) is -8.50. The second kappa shape index (κ2) is 36.8. The molecule has 0 saturated heterocycles. The quantitative estimate of drug-likeness (QED) is 0.0564. The van der Waals surface area contributed by atoms with Gasteiger partial charge >= 0.3 is 0 Å². The van der Waals surface area contributed by atoms with Crippen molar-refractivity contribution in [2.75, 3.05) is 62.4 Å². The zero-order valence-electron chi connectivity index (χ0n) is 56.3. The van der Waals surface area contributed by atoms with Gasteiger partial charge in [0.25, 0.3) is 0 Å². The molecule has 0 bridgehead atoms. The van der Waals surface area contributed by atoms with Gasteiger partial charge in [-0.05, 0) is 93.8 Å². The van der Waals surface area contributed by atoms with Crippen molar-refractivity contribution in [2.24, 2.45) is 53.1 Å². The first-order valence-electron chi connectivity index (χ1n) is 30.4. The molecular weight excluding hydrogens is 1090 g/mol. The highest BCUT2D eigenvalue weighted by Gasteiger charge is 2.45. The number of nitrogens with one attached hydrogen (secondary N) is 3. The normalized spacial score (nSPS) is 15.7. The van der Waals surface area contributed by atoms with Gasteiger partial charge < -0.3 is 61.1 Å². The molecule has 0 aliphatic heterocycles. The maximum absolute atomic E-state index is 15.1. The van der Waals surface area contributed by atoms with Gasteiger partial charge in [-0.25, -0.2) is 0 Å². The standard InChI is InChI=1S/C62H113N11O12/c1-25-27-28-41(15)53(76)52(56(79)65-44(26-2)59(82)68(19)34-50(75)67(18)33-49(63)74)73(24)62(85)51(40(13)14)72(23)61(84)48(32-38(9)10)71(22)60(83)47(31-37(7)8)70(21)58(81)43(17)64-54(77)45(29-35(3)4)66-55(78)46(30-36(5)6)69(20)57(80)42(16)39(11)12/h25,27,35-48,51-53,76H,26,28-34H2,1-24H3,(H2,63,74)(H,64,77)(H,65,79)(H,66,78)/b27-25-/t41-,42+,43+,44+,45-,46+,47-,48-,51+,52?,53+/m1/s1. The molecular formula is C62H113N11O12. The number of aliphatic hydroxyl groups excluding tert-OH is 1. The van der Waals surface area contributed by atoms with Crippen LogP contribution in [0.25, 0.3) is 0 Å². The van der Waals surface area contributed by atoms with Crippen LogP contribution in [0.2, 0.25) is 0 Å². The predicted molar refractivity (Wildman–Crippen MR) is 330 cm³/mol. The fourth-order valence-electron chi connectivity index (χ4n) is 10.1. The summed E-state index contributed by atoms with van der Waals surface area (Å²) in [6, 6.07) is -9.47. The van der Waals surface area contributed by atoms with Crippen LogP contribution in [-0.2, 0) is 52.7 Å². The van der Waals surface area contributed by atoms with Gasteiger partial charge in [0.15, 0.2) is 0 Å². The number of aliphatic hydroxyl groups is 1. The third kappa shape index (κ3) is 24.3. The number of amides is 11. The first-order valence-corrected chi connectivity index (χ1v) is 30.4. The van der Waals surface area contributed by atoms with Crippen molar-refractivity contribution in [2.45, 2.75) is 211 Å². The zero-order valence-corrected chi connectivity index (χ0v) is 56.3. The third-order valence-electron chi connectivity index (χ3n) is 15.8. The molecule has 0 aliphatic rings. The molecule has 0 spiro atoms. The first kappa shape index (κ1) is 78.9. The van der Waals surface area contributed by atoms with Crippen LogP contribution in [0.1, 0.15) is 156 Å². The predicted octanol–water partition coefficient (Wildman–Crippen LogP) is 3.50. The van der Waals surface area contributed by atoms with E-state index in [1.807, 2.05) is 76.2 Å². The molecule has 0 aliphatic carbocycles. The topological polar surface area (TPSA) is 293 Å². The van der Waals surface area contributed by atoms with Crippen LogP contribution in [0.4, 0.5) is 0 Å². The average molecular weight is 1200 g/mol. The van der Waals surface area contributed by atoms with Gasteiger partial charge in [-0.15, -0.1) is 0 Å². The Hall–Kier alpha value is -6.13. The van der Waals surface area contributed by atoms with Crippen LogP contribution >= 0.6 is 0 Å². The SMILES string of the molecule is C/C=C\C[C@@H](C)[C@H](O)C(C(=O)N[C@@H](CC)C(=O)N(C)CC(=O)N(C)CC(N)=O)N(C)C(=O)[C@H](C(C)C)N(C)C(=O)[C@@H](CC(C)C)N(C)C(=O)[C@@H](CC(C)C)N(C)C(=O)[C@H](C)NC(=O)[C@@H](CC(C)C)NC(=O)[C@H](CC(C)C)N(C)C(=O)[C@@H](C)C(C)C. The highest BCUT2D eigenvalue weighted by molar-refractivity contribution is 5.98. The molecule has 85 heavy (non-hydrogen) atoms. The number of primary amides is 1. The maximum Gasteiger partial charge on any atom is 0.246 e. The van der Waals surface area contributed by atoms with E-state index in [9.17, 15) is 43.5 Å². The second-order valence-corrected chi connectivity index (χ2v) is 25.9. The maximum atomic E-state index is 15.1. The number of nitrogens with two attached hydrogens (primary N) is 1. The lowest BCUT2D eigenvalue weighted by atomic mass is 9.91.